The van der Waals surface area contributed by atoms with E-state index in [0.717, 1.165) is 33.5 Å². The molecule has 53 heavy (non-hydrogen) atoms. The number of benzene rings is 3. The molecule has 0 saturated carbocycles. The van der Waals surface area contributed by atoms with Gasteiger partial charge < -0.3 is 39.5 Å². The lowest BCUT2D eigenvalue weighted by molar-refractivity contribution is -0.130. The first-order valence-corrected chi connectivity index (χ1v) is 18.2. The fourth-order valence-electron chi connectivity index (χ4n) is 5.97. The zero-order chi connectivity index (χ0) is 36.9. The Morgan fingerprint density at radius 3 is 2.19 bits per heavy atom. The fourth-order valence-corrected chi connectivity index (χ4v) is 6.09. The first-order valence-electron chi connectivity index (χ1n) is 17.6. The van der Waals surface area contributed by atoms with Crippen LogP contribution in [0.3, 0.4) is 0 Å². The molecule has 276 valence electrons. The molecule has 3 aromatic carbocycles. The smallest absolute Gasteiger partial charge is 0.243 e. The molecule has 6 rings (SSSR count). The van der Waals surface area contributed by atoms with E-state index < -0.39 is 11.7 Å². The molecule has 1 unspecified atom stereocenters. The lowest BCUT2D eigenvalue weighted by Gasteiger charge is -2.37. The van der Waals surface area contributed by atoms with Crippen LogP contribution in [0.1, 0.15) is 12.5 Å². The van der Waals surface area contributed by atoms with Gasteiger partial charge in [0.15, 0.2) is 0 Å². The maximum atomic E-state index is 13.7. The van der Waals surface area contributed by atoms with Crippen molar-refractivity contribution in [1.29, 1.82) is 0 Å². The molecular weight excluding hydrogens is 689 g/mol. The second kappa shape index (κ2) is 18.3. The highest BCUT2D eigenvalue weighted by molar-refractivity contribution is 7.80. The summed E-state index contributed by atoms with van der Waals surface area (Å²) in [5.74, 6) is 0.583. The van der Waals surface area contributed by atoms with Gasteiger partial charge in [0.05, 0.1) is 13.0 Å². The van der Waals surface area contributed by atoms with Gasteiger partial charge >= 0.3 is 0 Å². The number of carbonyl (C=O) groups is 2. The van der Waals surface area contributed by atoms with Crippen molar-refractivity contribution in [3.63, 3.8) is 0 Å². The highest BCUT2D eigenvalue weighted by atomic mass is 32.1. The van der Waals surface area contributed by atoms with Gasteiger partial charge in [-0.3, -0.25) is 20.2 Å². The van der Waals surface area contributed by atoms with Crippen molar-refractivity contribution in [3.8, 4) is 17.1 Å². The van der Waals surface area contributed by atoms with E-state index in [1.807, 2.05) is 137 Å². The van der Waals surface area contributed by atoms with Crippen LogP contribution in [-0.4, -0.2) is 76.5 Å². The Morgan fingerprint density at radius 2 is 1.51 bits per heavy atom. The number of para-hydroxylation sites is 1. The first kappa shape index (κ1) is 37.3. The third kappa shape index (κ3) is 10.3. The molecule has 0 aliphatic carbocycles. The Bertz CT molecular complexity index is 1930. The molecule has 6 aromatic rings. The standard InChI is InChI=1S/C40H46N8O4S/c1-30(45-38(49)24-31-25-42-37-9-3-2-8-36(31)37)39(50)46-40(44-18-23-53,26-41-28-52-35-16-14-34(15-17-35)48-21-6-7-22-48)27-51-29-43-32-10-12-33(13-11-32)47-19-4-5-20-47/h2-17,19-22,25,30,41-44,53H,18,23-24,26-29H2,1H3,(H,45,49)(H,46,50)/t30-,40?/m1/s1. The average molecular weight is 735 g/mol. The van der Waals surface area contributed by atoms with Crippen molar-refractivity contribution in [2.45, 2.75) is 25.0 Å². The summed E-state index contributed by atoms with van der Waals surface area (Å²) in [5.41, 5.74) is 3.70. The second-order valence-corrected chi connectivity index (χ2v) is 13.1. The Kier molecular flexibility index (Phi) is 12.9. The Morgan fingerprint density at radius 1 is 0.849 bits per heavy atom. The van der Waals surface area contributed by atoms with Crippen LogP contribution in [0.5, 0.6) is 5.75 Å². The summed E-state index contributed by atoms with van der Waals surface area (Å²) in [6.07, 6.45) is 9.92. The minimum Gasteiger partial charge on any atom is -0.478 e. The quantitative estimate of drug-likeness (QED) is 0.0339. The molecule has 13 heteroatoms. The maximum Gasteiger partial charge on any atom is 0.243 e. The van der Waals surface area contributed by atoms with Crippen LogP contribution in [0.4, 0.5) is 5.69 Å². The van der Waals surface area contributed by atoms with Gasteiger partial charge in [-0.1, -0.05) is 18.2 Å². The molecule has 2 atom stereocenters. The van der Waals surface area contributed by atoms with Gasteiger partial charge in [0.2, 0.25) is 11.8 Å². The van der Waals surface area contributed by atoms with Crippen LogP contribution in [-0.2, 0) is 20.7 Å². The van der Waals surface area contributed by atoms with Gasteiger partial charge in [-0.15, -0.1) is 0 Å². The molecule has 0 fully saturated rings. The number of aromatic amines is 1. The number of anilines is 1. The van der Waals surface area contributed by atoms with Gasteiger partial charge in [-0.05, 0) is 91.3 Å². The third-order valence-electron chi connectivity index (χ3n) is 8.74. The normalized spacial score (nSPS) is 12.9. The Balaban J connectivity index is 1.08. The van der Waals surface area contributed by atoms with Crippen molar-refractivity contribution in [2.24, 2.45) is 0 Å². The molecular formula is C40H46N8O4S. The molecule has 2 amide bonds. The van der Waals surface area contributed by atoms with E-state index in [2.05, 4.69) is 44.2 Å². The predicted molar refractivity (Wildman–Crippen MR) is 212 cm³/mol. The van der Waals surface area contributed by atoms with Crippen molar-refractivity contribution in [2.75, 3.05) is 44.2 Å². The molecule has 0 bridgehead atoms. The van der Waals surface area contributed by atoms with Crippen molar-refractivity contribution >= 4 is 41.0 Å². The van der Waals surface area contributed by atoms with Gasteiger partial charge in [0.25, 0.3) is 0 Å². The molecule has 6 N–H and O–H groups in total. The Labute approximate surface area is 314 Å². The molecule has 0 spiro atoms. The number of nitrogens with zero attached hydrogens (tertiary/aromatic N) is 2. The molecule has 0 aliphatic rings. The van der Waals surface area contributed by atoms with E-state index >= 15 is 0 Å². The highest BCUT2D eigenvalue weighted by Gasteiger charge is 2.33. The lowest BCUT2D eigenvalue weighted by atomic mass is 10.1. The zero-order valence-corrected chi connectivity index (χ0v) is 30.5. The van der Waals surface area contributed by atoms with Gasteiger partial charge in [-0.2, -0.15) is 12.6 Å². The minimum absolute atomic E-state index is 0.0928. The summed E-state index contributed by atoms with van der Waals surface area (Å²) in [7, 11) is 0. The van der Waals surface area contributed by atoms with E-state index in [9.17, 15) is 9.59 Å². The second-order valence-electron chi connectivity index (χ2n) is 12.7. The van der Waals surface area contributed by atoms with Crippen LogP contribution in [0.15, 0.2) is 128 Å². The number of H-pyrrole nitrogens is 1. The molecule has 0 aliphatic heterocycles. The number of amides is 2. The van der Waals surface area contributed by atoms with Crippen LogP contribution in [0, 0.1) is 0 Å². The van der Waals surface area contributed by atoms with Crippen LogP contribution in [0.2, 0.25) is 0 Å². The summed E-state index contributed by atoms with van der Waals surface area (Å²) in [5, 5.41) is 17.0. The SMILES string of the molecule is C[C@@H](NC(=O)Cc1c[nH]c2ccccc12)C(=O)NC(CNCOc1ccc(-n2cccc2)cc1)(COCNc1ccc(-n2cccc2)cc1)NCCS. The maximum absolute atomic E-state index is 13.7. The number of hydrogen-bond acceptors (Lipinski definition) is 8. The zero-order valence-electron chi connectivity index (χ0n) is 29.6. The summed E-state index contributed by atoms with van der Waals surface area (Å²) in [4.78, 5) is 30.0. The molecule has 0 radical (unpaired) electrons. The van der Waals surface area contributed by atoms with Crippen LogP contribution >= 0.6 is 12.6 Å². The van der Waals surface area contributed by atoms with Gasteiger partial charge in [-0.25, -0.2) is 0 Å². The predicted octanol–water partition coefficient (Wildman–Crippen LogP) is 4.84. The minimum atomic E-state index is -1.07. The summed E-state index contributed by atoms with van der Waals surface area (Å²) < 4.78 is 16.2. The molecule has 0 saturated heterocycles. The summed E-state index contributed by atoms with van der Waals surface area (Å²) in [6, 6.07) is 30.7. The number of carbonyl (C=O) groups excluding carboxylic acids is 2. The average Bonchev–Trinajstić information content (AvgIpc) is 3.99. The molecule has 12 nitrogen and oxygen atoms in total. The first-order chi connectivity index (χ1) is 25.9. The third-order valence-corrected chi connectivity index (χ3v) is 8.96. The number of fused-ring (bicyclic) bond motifs is 1. The fraction of sp³-hybridized carbons (Fsp3) is 0.250. The number of aromatic nitrogens is 3. The number of hydrogen-bond donors (Lipinski definition) is 7. The summed E-state index contributed by atoms with van der Waals surface area (Å²) >= 11 is 4.41. The highest BCUT2D eigenvalue weighted by Crippen LogP contribution is 2.19. The number of ether oxygens (including phenoxy) is 2. The van der Waals surface area contributed by atoms with Crippen molar-refractivity contribution in [3.05, 3.63) is 134 Å². The van der Waals surface area contributed by atoms with E-state index in [0.29, 0.717) is 18.0 Å². The Hall–Kier alpha value is -5.47. The monoisotopic (exact) mass is 734 g/mol. The van der Waals surface area contributed by atoms with Crippen LogP contribution in [0.25, 0.3) is 22.3 Å². The van der Waals surface area contributed by atoms with E-state index in [1.165, 1.54) is 0 Å². The summed E-state index contributed by atoms with van der Waals surface area (Å²) in [6.45, 7) is 2.84. The topological polar surface area (TPSA) is 138 Å². The molecule has 3 aromatic heterocycles. The number of thiol groups is 1. The lowest BCUT2D eigenvalue weighted by Crippen LogP contribution is -2.69. The van der Waals surface area contributed by atoms with E-state index in [1.54, 1.807) is 6.92 Å². The van der Waals surface area contributed by atoms with E-state index in [4.69, 9.17) is 9.47 Å². The molecule has 3 heterocycles. The van der Waals surface area contributed by atoms with Crippen molar-refractivity contribution in [1.82, 2.24) is 35.4 Å². The largest absolute Gasteiger partial charge is 0.478 e. The van der Waals surface area contributed by atoms with Gasteiger partial charge in [0.1, 0.15) is 30.9 Å². The van der Waals surface area contributed by atoms with E-state index in [-0.39, 0.29) is 44.8 Å². The van der Waals surface area contributed by atoms with Gasteiger partial charge in [0, 0.05) is 77.8 Å². The van der Waals surface area contributed by atoms with Crippen LogP contribution < -0.4 is 31.3 Å². The number of rotatable bonds is 20. The van der Waals surface area contributed by atoms with Crippen molar-refractivity contribution < 1.29 is 19.1 Å². The number of nitrogens with one attached hydrogen (secondary N) is 6.